The Morgan fingerprint density at radius 1 is 0.939 bits per heavy atom. The van der Waals surface area contributed by atoms with Gasteiger partial charge in [-0.25, -0.2) is 4.79 Å². The largest absolute Gasteiger partial charge is 0.371 e. The predicted molar refractivity (Wildman–Crippen MR) is 135 cm³/mol. The van der Waals surface area contributed by atoms with Gasteiger partial charge in [-0.05, 0) is 74.3 Å². The standard InChI is InChI=1S/C27H36N4O2/c1-3-21-9-5-6-10-24(21)29-27(33)28-22-11-12-25(30-15-7-4-8-16-30)23(19-22)26(32)31-17-13-20(2)14-18-31/h5-6,9-12,19-20H,3-4,7-8,13-18H2,1-2H3,(H2,28,29,33). The normalized spacial score (nSPS) is 17.0. The highest BCUT2D eigenvalue weighted by Crippen LogP contribution is 2.30. The molecule has 2 fully saturated rings. The summed E-state index contributed by atoms with van der Waals surface area (Å²) in [4.78, 5) is 30.6. The maximum Gasteiger partial charge on any atom is 0.323 e. The fraction of sp³-hybridized carbons (Fsp3) is 0.481. The molecule has 2 N–H and O–H groups in total. The second kappa shape index (κ2) is 10.7. The zero-order valence-corrected chi connectivity index (χ0v) is 19.9. The molecule has 0 aliphatic carbocycles. The third-order valence-corrected chi connectivity index (χ3v) is 6.90. The van der Waals surface area contributed by atoms with Crippen LogP contribution in [0, 0.1) is 5.92 Å². The van der Waals surface area contributed by atoms with E-state index < -0.39 is 0 Å². The third-order valence-electron chi connectivity index (χ3n) is 6.90. The molecule has 176 valence electrons. The van der Waals surface area contributed by atoms with E-state index >= 15 is 0 Å². The van der Waals surface area contributed by atoms with Crippen LogP contribution in [-0.2, 0) is 6.42 Å². The highest BCUT2D eigenvalue weighted by Gasteiger charge is 2.26. The molecule has 2 heterocycles. The molecule has 4 rings (SSSR count). The highest BCUT2D eigenvalue weighted by atomic mass is 16.2. The lowest BCUT2D eigenvalue weighted by Gasteiger charge is -2.34. The fourth-order valence-corrected chi connectivity index (χ4v) is 4.81. The minimum absolute atomic E-state index is 0.0721. The summed E-state index contributed by atoms with van der Waals surface area (Å²) < 4.78 is 0. The second-order valence-corrected chi connectivity index (χ2v) is 9.34. The van der Waals surface area contributed by atoms with Crippen molar-refractivity contribution in [2.75, 3.05) is 41.7 Å². The van der Waals surface area contributed by atoms with Crippen LogP contribution in [0.15, 0.2) is 42.5 Å². The lowest BCUT2D eigenvalue weighted by Crippen LogP contribution is -2.39. The van der Waals surface area contributed by atoms with Crippen LogP contribution >= 0.6 is 0 Å². The number of piperidine rings is 2. The molecule has 0 aromatic heterocycles. The summed E-state index contributed by atoms with van der Waals surface area (Å²) in [5.41, 5.74) is 4.21. The molecule has 0 atom stereocenters. The van der Waals surface area contributed by atoms with Crippen molar-refractivity contribution in [3.63, 3.8) is 0 Å². The van der Waals surface area contributed by atoms with Crippen molar-refractivity contribution in [1.29, 1.82) is 0 Å². The number of nitrogens with one attached hydrogen (secondary N) is 2. The molecule has 2 aromatic carbocycles. The molecule has 0 spiro atoms. The first-order valence-electron chi connectivity index (χ1n) is 12.4. The molecule has 6 nitrogen and oxygen atoms in total. The molecule has 2 aromatic rings. The summed E-state index contributed by atoms with van der Waals surface area (Å²) in [6.07, 6.45) is 6.46. The van der Waals surface area contributed by atoms with Crippen molar-refractivity contribution in [3.8, 4) is 0 Å². The Bertz CT molecular complexity index is 976. The van der Waals surface area contributed by atoms with E-state index in [1.54, 1.807) is 0 Å². The van der Waals surface area contributed by atoms with Crippen molar-refractivity contribution in [2.24, 2.45) is 5.92 Å². The summed E-state index contributed by atoms with van der Waals surface area (Å²) >= 11 is 0. The Labute approximate surface area is 197 Å². The number of benzene rings is 2. The number of likely N-dealkylation sites (tertiary alicyclic amines) is 1. The number of para-hydroxylation sites is 1. The average molecular weight is 449 g/mol. The number of aryl methyl sites for hydroxylation is 1. The zero-order chi connectivity index (χ0) is 23.2. The van der Waals surface area contributed by atoms with Gasteiger partial charge in [-0.1, -0.05) is 32.0 Å². The van der Waals surface area contributed by atoms with E-state index in [9.17, 15) is 9.59 Å². The number of rotatable bonds is 5. The van der Waals surface area contributed by atoms with Crippen LogP contribution in [0.2, 0.25) is 0 Å². The Morgan fingerprint density at radius 2 is 1.67 bits per heavy atom. The zero-order valence-electron chi connectivity index (χ0n) is 19.9. The van der Waals surface area contributed by atoms with Gasteiger partial charge in [0.05, 0.1) is 5.56 Å². The van der Waals surface area contributed by atoms with Gasteiger partial charge >= 0.3 is 6.03 Å². The number of carbonyl (C=O) groups excluding carboxylic acids is 2. The Morgan fingerprint density at radius 3 is 2.39 bits per heavy atom. The lowest BCUT2D eigenvalue weighted by molar-refractivity contribution is 0.0697. The quantitative estimate of drug-likeness (QED) is 0.612. The summed E-state index contributed by atoms with van der Waals surface area (Å²) in [6.45, 7) is 7.85. The van der Waals surface area contributed by atoms with E-state index in [4.69, 9.17) is 0 Å². The first-order valence-corrected chi connectivity index (χ1v) is 12.4. The first-order chi connectivity index (χ1) is 16.0. The van der Waals surface area contributed by atoms with Gasteiger partial charge in [-0.3, -0.25) is 4.79 Å². The number of amides is 3. The molecule has 0 saturated carbocycles. The number of nitrogens with zero attached hydrogens (tertiary/aromatic N) is 2. The molecule has 0 radical (unpaired) electrons. The summed E-state index contributed by atoms with van der Waals surface area (Å²) in [5, 5.41) is 5.89. The molecule has 33 heavy (non-hydrogen) atoms. The Balaban J connectivity index is 1.55. The molecular weight excluding hydrogens is 412 g/mol. The van der Waals surface area contributed by atoms with Gasteiger partial charge in [-0.2, -0.15) is 0 Å². The van der Waals surface area contributed by atoms with Gasteiger partial charge in [0.15, 0.2) is 0 Å². The maximum atomic E-state index is 13.6. The lowest BCUT2D eigenvalue weighted by atomic mass is 9.98. The van der Waals surface area contributed by atoms with Crippen LogP contribution in [-0.4, -0.2) is 43.0 Å². The van der Waals surface area contributed by atoms with Crippen molar-refractivity contribution >= 4 is 29.0 Å². The van der Waals surface area contributed by atoms with Crippen LogP contribution in [0.4, 0.5) is 21.9 Å². The SMILES string of the molecule is CCc1ccccc1NC(=O)Nc1ccc(N2CCCCC2)c(C(=O)N2CCC(C)CC2)c1. The van der Waals surface area contributed by atoms with Gasteiger partial charge in [0.2, 0.25) is 0 Å². The van der Waals surface area contributed by atoms with Crippen molar-refractivity contribution in [1.82, 2.24) is 4.90 Å². The van der Waals surface area contributed by atoms with Crippen molar-refractivity contribution < 1.29 is 9.59 Å². The van der Waals surface area contributed by atoms with E-state index in [1.807, 2.05) is 47.4 Å². The molecular formula is C27H36N4O2. The van der Waals surface area contributed by atoms with Gasteiger partial charge in [0, 0.05) is 43.2 Å². The first kappa shape index (κ1) is 23.1. The maximum absolute atomic E-state index is 13.6. The van der Waals surface area contributed by atoms with E-state index in [1.165, 1.54) is 6.42 Å². The van der Waals surface area contributed by atoms with E-state index in [0.717, 1.165) is 75.2 Å². The van der Waals surface area contributed by atoms with Crippen LogP contribution in [0.25, 0.3) is 0 Å². The number of anilines is 3. The smallest absolute Gasteiger partial charge is 0.323 e. The summed E-state index contributed by atoms with van der Waals surface area (Å²) in [7, 11) is 0. The number of urea groups is 1. The summed E-state index contributed by atoms with van der Waals surface area (Å²) in [6, 6.07) is 13.3. The molecule has 2 aliphatic rings. The highest BCUT2D eigenvalue weighted by molar-refractivity contribution is 6.04. The topological polar surface area (TPSA) is 64.7 Å². The number of carbonyl (C=O) groups is 2. The Kier molecular flexibility index (Phi) is 7.53. The molecule has 0 unspecified atom stereocenters. The van der Waals surface area contributed by atoms with Crippen LogP contribution < -0.4 is 15.5 Å². The van der Waals surface area contributed by atoms with Gasteiger partial charge in [0.1, 0.15) is 0 Å². The van der Waals surface area contributed by atoms with Gasteiger partial charge in [-0.15, -0.1) is 0 Å². The van der Waals surface area contributed by atoms with Gasteiger partial charge < -0.3 is 20.4 Å². The number of hydrogen-bond donors (Lipinski definition) is 2. The van der Waals surface area contributed by atoms with E-state index in [-0.39, 0.29) is 11.9 Å². The molecule has 2 saturated heterocycles. The average Bonchev–Trinajstić information content (AvgIpc) is 2.85. The van der Waals surface area contributed by atoms with Crippen molar-refractivity contribution in [2.45, 2.75) is 52.4 Å². The van der Waals surface area contributed by atoms with Crippen LogP contribution in [0.1, 0.15) is 61.9 Å². The predicted octanol–water partition coefficient (Wildman–Crippen LogP) is 5.76. The summed E-state index contributed by atoms with van der Waals surface area (Å²) in [5.74, 6) is 0.737. The van der Waals surface area contributed by atoms with Gasteiger partial charge in [0.25, 0.3) is 5.91 Å². The van der Waals surface area contributed by atoms with E-state index in [2.05, 4.69) is 29.4 Å². The minimum atomic E-state index is -0.299. The van der Waals surface area contributed by atoms with Crippen LogP contribution in [0.5, 0.6) is 0 Å². The number of hydrogen-bond acceptors (Lipinski definition) is 3. The Hall–Kier alpha value is -3.02. The minimum Gasteiger partial charge on any atom is -0.371 e. The third kappa shape index (κ3) is 5.67. The fourth-order valence-electron chi connectivity index (χ4n) is 4.81. The molecule has 2 aliphatic heterocycles. The molecule has 6 heteroatoms. The van der Waals surface area contributed by atoms with E-state index in [0.29, 0.717) is 17.2 Å². The monoisotopic (exact) mass is 448 g/mol. The molecule has 3 amide bonds. The molecule has 0 bridgehead atoms. The van der Waals surface area contributed by atoms with Crippen LogP contribution in [0.3, 0.4) is 0 Å². The second-order valence-electron chi connectivity index (χ2n) is 9.34. The van der Waals surface area contributed by atoms with Crippen molar-refractivity contribution in [3.05, 3.63) is 53.6 Å².